The van der Waals surface area contributed by atoms with Crippen LogP contribution in [-0.4, -0.2) is 19.0 Å². The Balaban J connectivity index is 2.31. The first-order chi connectivity index (χ1) is 8.18. The lowest BCUT2D eigenvalue weighted by molar-refractivity contribution is 0.212. The van der Waals surface area contributed by atoms with Crippen LogP contribution in [0.5, 0.6) is 0 Å². The topological polar surface area (TPSA) is 12.5 Å². The average molecular weight is 229 g/mol. The van der Waals surface area contributed by atoms with Gasteiger partial charge >= 0.3 is 0 Å². The van der Waals surface area contributed by atoms with Crippen molar-refractivity contribution in [3.8, 4) is 0 Å². The third-order valence-corrected chi connectivity index (χ3v) is 2.04. The second-order valence-corrected chi connectivity index (χ2v) is 3.90. The maximum absolute atomic E-state index is 5.51. The van der Waals surface area contributed by atoms with E-state index in [0.29, 0.717) is 12.4 Å². The molecule has 0 fully saturated rings. The van der Waals surface area contributed by atoms with Gasteiger partial charge in [0.25, 0.3) is 0 Å². The first kappa shape index (κ1) is 13.1. The van der Waals surface area contributed by atoms with Crippen molar-refractivity contribution in [1.29, 1.82) is 0 Å². The fourth-order valence-electron chi connectivity index (χ4n) is 1.18. The van der Waals surface area contributed by atoms with E-state index in [-0.39, 0.29) is 0 Å². The number of ether oxygens (including phenoxy) is 1. The molecule has 0 atom stereocenters. The molecule has 0 aliphatic heterocycles. The van der Waals surface area contributed by atoms with E-state index in [9.17, 15) is 0 Å². The van der Waals surface area contributed by atoms with Gasteiger partial charge in [0.15, 0.2) is 0 Å². The predicted octanol–water partition coefficient (Wildman–Crippen LogP) is 3.35. The minimum Gasteiger partial charge on any atom is -0.490 e. The van der Waals surface area contributed by atoms with Crippen molar-refractivity contribution in [2.75, 3.05) is 14.1 Å². The molecule has 0 unspecified atom stereocenters. The van der Waals surface area contributed by atoms with Crippen molar-refractivity contribution >= 4 is 0 Å². The Morgan fingerprint density at radius 3 is 2.59 bits per heavy atom. The summed E-state index contributed by atoms with van der Waals surface area (Å²) >= 11 is 0. The zero-order valence-electron chi connectivity index (χ0n) is 10.5. The van der Waals surface area contributed by atoms with Gasteiger partial charge in [-0.2, -0.15) is 0 Å². The van der Waals surface area contributed by atoms with Crippen LogP contribution in [-0.2, 0) is 11.3 Å². The maximum Gasteiger partial charge on any atom is 0.113 e. The number of hydrogen-bond acceptors (Lipinski definition) is 2. The lowest BCUT2D eigenvalue weighted by Crippen LogP contribution is -1.99. The number of hydrogen-bond donors (Lipinski definition) is 0. The van der Waals surface area contributed by atoms with Gasteiger partial charge in [-0.3, -0.25) is 0 Å². The summed E-state index contributed by atoms with van der Waals surface area (Å²) in [4.78, 5) is 1.97. The van der Waals surface area contributed by atoms with Crippen molar-refractivity contribution in [1.82, 2.24) is 4.90 Å². The molecule has 0 heterocycles. The quantitative estimate of drug-likeness (QED) is 0.548. The van der Waals surface area contributed by atoms with E-state index in [1.807, 2.05) is 73.8 Å². The van der Waals surface area contributed by atoms with Crippen LogP contribution >= 0.6 is 0 Å². The molecule has 0 bridgehead atoms. The molecule has 0 aliphatic rings. The summed E-state index contributed by atoms with van der Waals surface area (Å²) in [5.74, 6) is 0.664. The molecule has 2 nitrogen and oxygen atoms in total. The van der Waals surface area contributed by atoms with Crippen LogP contribution in [0.15, 0.2) is 67.1 Å². The van der Waals surface area contributed by atoms with E-state index in [4.69, 9.17) is 4.74 Å². The van der Waals surface area contributed by atoms with Gasteiger partial charge < -0.3 is 9.64 Å². The Bertz CT molecular complexity index is 391. The molecule has 1 aromatic carbocycles. The van der Waals surface area contributed by atoms with Crippen molar-refractivity contribution in [3.05, 3.63) is 72.7 Å². The molecule has 0 spiro atoms. The summed E-state index contributed by atoms with van der Waals surface area (Å²) in [6, 6.07) is 10.0. The van der Waals surface area contributed by atoms with Crippen LogP contribution in [0.4, 0.5) is 0 Å². The second-order valence-electron chi connectivity index (χ2n) is 3.90. The summed E-state index contributed by atoms with van der Waals surface area (Å²) in [5, 5.41) is 0. The van der Waals surface area contributed by atoms with Gasteiger partial charge in [-0.1, -0.05) is 43.0 Å². The lowest BCUT2D eigenvalue weighted by atomic mass is 10.2. The van der Waals surface area contributed by atoms with E-state index < -0.39 is 0 Å². The smallest absolute Gasteiger partial charge is 0.113 e. The van der Waals surface area contributed by atoms with Crippen molar-refractivity contribution in [2.45, 2.75) is 6.61 Å². The maximum atomic E-state index is 5.51. The summed E-state index contributed by atoms with van der Waals surface area (Å²) in [6.45, 7) is 4.39. The molecule has 90 valence electrons. The van der Waals surface area contributed by atoms with Gasteiger partial charge in [0, 0.05) is 14.1 Å². The molecule has 0 saturated carbocycles. The number of allylic oxidation sites excluding steroid dienone is 3. The molecule has 17 heavy (non-hydrogen) atoms. The SMILES string of the molecule is C=C(/C=C\C=C/N(C)C)OCc1ccccc1. The van der Waals surface area contributed by atoms with Gasteiger partial charge in [0.1, 0.15) is 12.4 Å². The third kappa shape index (κ3) is 6.25. The zero-order valence-corrected chi connectivity index (χ0v) is 10.5. The molecule has 1 aromatic rings. The van der Waals surface area contributed by atoms with Crippen LogP contribution < -0.4 is 0 Å². The Morgan fingerprint density at radius 2 is 1.94 bits per heavy atom. The molecule has 0 radical (unpaired) electrons. The Labute approximate surface area is 104 Å². The molecule has 0 aromatic heterocycles. The van der Waals surface area contributed by atoms with Gasteiger partial charge in [-0.05, 0) is 23.9 Å². The molecule has 0 amide bonds. The van der Waals surface area contributed by atoms with Crippen LogP contribution in [0.1, 0.15) is 5.56 Å². The molecule has 0 aliphatic carbocycles. The summed E-state index contributed by atoms with van der Waals surface area (Å²) in [7, 11) is 3.95. The number of nitrogens with zero attached hydrogens (tertiary/aromatic N) is 1. The molecule has 1 rings (SSSR count). The molecule has 2 heteroatoms. The van der Waals surface area contributed by atoms with Gasteiger partial charge in [0.2, 0.25) is 0 Å². The van der Waals surface area contributed by atoms with E-state index in [0.717, 1.165) is 5.56 Å². The molecule has 0 N–H and O–H groups in total. The number of rotatable bonds is 6. The molecular formula is C15H19NO. The van der Waals surface area contributed by atoms with Crippen LogP contribution in [0, 0.1) is 0 Å². The van der Waals surface area contributed by atoms with Crippen molar-refractivity contribution < 1.29 is 4.74 Å². The summed E-state index contributed by atoms with van der Waals surface area (Å²) in [5.41, 5.74) is 1.14. The first-order valence-electron chi connectivity index (χ1n) is 5.55. The summed E-state index contributed by atoms with van der Waals surface area (Å²) < 4.78 is 5.51. The minimum atomic E-state index is 0.557. The Hall–Kier alpha value is -1.96. The highest BCUT2D eigenvalue weighted by Gasteiger charge is 1.91. The Morgan fingerprint density at radius 1 is 1.24 bits per heavy atom. The average Bonchev–Trinajstić information content (AvgIpc) is 2.33. The van der Waals surface area contributed by atoms with Gasteiger partial charge in [-0.25, -0.2) is 0 Å². The third-order valence-electron chi connectivity index (χ3n) is 2.04. The first-order valence-corrected chi connectivity index (χ1v) is 5.55. The van der Waals surface area contributed by atoms with Crippen LogP contribution in [0.2, 0.25) is 0 Å². The van der Waals surface area contributed by atoms with Crippen LogP contribution in [0.25, 0.3) is 0 Å². The standard InChI is InChI=1S/C15H19NO/c1-14(9-7-8-12-16(2)3)17-13-15-10-5-4-6-11-15/h4-12H,1,13H2,2-3H3/b9-7-,12-8-. The monoisotopic (exact) mass is 229 g/mol. The highest BCUT2D eigenvalue weighted by atomic mass is 16.5. The zero-order chi connectivity index (χ0) is 12.5. The highest BCUT2D eigenvalue weighted by Crippen LogP contribution is 2.05. The van der Waals surface area contributed by atoms with E-state index in [2.05, 4.69) is 6.58 Å². The number of benzene rings is 1. The van der Waals surface area contributed by atoms with Crippen LogP contribution in [0.3, 0.4) is 0 Å². The minimum absolute atomic E-state index is 0.557. The van der Waals surface area contributed by atoms with Crippen molar-refractivity contribution in [3.63, 3.8) is 0 Å². The van der Waals surface area contributed by atoms with E-state index in [1.54, 1.807) is 0 Å². The molecular weight excluding hydrogens is 210 g/mol. The largest absolute Gasteiger partial charge is 0.490 e. The van der Waals surface area contributed by atoms with E-state index in [1.165, 1.54) is 0 Å². The predicted molar refractivity (Wildman–Crippen MR) is 72.3 cm³/mol. The van der Waals surface area contributed by atoms with E-state index >= 15 is 0 Å². The van der Waals surface area contributed by atoms with Gasteiger partial charge in [-0.15, -0.1) is 0 Å². The highest BCUT2D eigenvalue weighted by molar-refractivity contribution is 5.16. The van der Waals surface area contributed by atoms with Gasteiger partial charge in [0.05, 0.1) is 0 Å². The second kappa shape index (κ2) is 7.34. The fraction of sp³-hybridized carbons (Fsp3) is 0.200. The lowest BCUT2D eigenvalue weighted by Gasteiger charge is -2.05. The molecule has 0 saturated heterocycles. The Kier molecular flexibility index (Phi) is 5.66. The summed E-state index contributed by atoms with van der Waals surface area (Å²) in [6.07, 6.45) is 7.66. The fourth-order valence-corrected chi connectivity index (χ4v) is 1.18. The normalized spacial score (nSPS) is 10.9. The van der Waals surface area contributed by atoms with Crippen molar-refractivity contribution in [2.24, 2.45) is 0 Å².